The summed E-state index contributed by atoms with van der Waals surface area (Å²) >= 11 is 0. The van der Waals surface area contributed by atoms with Gasteiger partial charge in [-0.25, -0.2) is 0 Å². The van der Waals surface area contributed by atoms with Crippen molar-refractivity contribution in [2.45, 2.75) is 113 Å². The quantitative estimate of drug-likeness (QED) is 0.158. The highest BCUT2D eigenvalue weighted by molar-refractivity contribution is 5.96. The monoisotopic (exact) mass is 598 g/mol. The maximum atomic E-state index is 12.9. The van der Waals surface area contributed by atoms with E-state index in [1.807, 2.05) is 96.2 Å². The molecule has 4 heteroatoms. The first kappa shape index (κ1) is 36.9. The van der Waals surface area contributed by atoms with Gasteiger partial charge in [0.2, 0.25) is 0 Å². The number of allylic oxidation sites excluding steroid dienone is 15. The number of ketones is 2. The van der Waals surface area contributed by atoms with Crippen LogP contribution in [0.4, 0.5) is 0 Å². The Hall–Kier alpha value is -3.26. The van der Waals surface area contributed by atoms with Gasteiger partial charge in [0.25, 0.3) is 0 Å². The van der Waals surface area contributed by atoms with E-state index in [-0.39, 0.29) is 35.4 Å². The average molecular weight is 599 g/mol. The van der Waals surface area contributed by atoms with Crippen LogP contribution in [0.2, 0.25) is 0 Å². The second-order valence-corrected chi connectivity index (χ2v) is 14.2. The van der Waals surface area contributed by atoms with Crippen molar-refractivity contribution in [3.8, 4) is 11.8 Å². The normalized spacial score (nSPS) is 27.0. The van der Waals surface area contributed by atoms with Crippen LogP contribution in [0.5, 0.6) is 0 Å². The predicted octanol–water partition coefficient (Wildman–Crippen LogP) is 8.66. The molecule has 0 aliphatic heterocycles. The van der Waals surface area contributed by atoms with E-state index in [0.717, 1.165) is 28.7 Å². The van der Waals surface area contributed by atoms with Gasteiger partial charge in [-0.15, -0.1) is 0 Å². The molecule has 0 amide bonds. The molecule has 0 aromatic carbocycles. The number of carbonyl (C=O) groups is 2. The van der Waals surface area contributed by atoms with Gasteiger partial charge >= 0.3 is 0 Å². The van der Waals surface area contributed by atoms with Crippen LogP contribution in [-0.4, -0.2) is 33.5 Å². The fourth-order valence-corrected chi connectivity index (χ4v) is 6.28. The molecule has 0 bridgehead atoms. The minimum atomic E-state index is -1.20. The van der Waals surface area contributed by atoms with Gasteiger partial charge in [-0.05, 0) is 64.5 Å². The Morgan fingerprint density at radius 3 is 2.02 bits per heavy atom. The number of rotatable bonds is 9. The molecule has 2 rings (SSSR count). The van der Waals surface area contributed by atoms with E-state index in [9.17, 15) is 19.8 Å². The molecule has 238 valence electrons. The molecule has 0 unspecified atom stereocenters. The number of hydrogen-bond donors (Lipinski definition) is 2. The Labute approximate surface area is 266 Å². The van der Waals surface area contributed by atoms with Crippen LogP contribution in [-0.2, 0) is 9.59 Å². The van der Waals surface area contributed by atoms with Gasteiger partial charge in [0.05, 0.1) is 11.7 Å². The molecule has 44 heavy (non-hydrogen) atoms. The molecule has 3 atom stereocenters. The molecule has 2 aliphatic carbocycles. The van der Waals surface area contributed by atoms with Gasteiger partial charge < -0.3 is 10.2 Å². The number of aliphatic hydroxyl groups is 2. The molecule has 2 N–H and O–H groups in total. The maximum absolute atomic E-state index is 12.9. The Bertz CT molecular complexity index is 1400. The average Bonchev–Trinajstić information content (AvgIpc) is 2.88. The first-order chi connectivity index (χ1) is 20.4. The Morgan fingerprint density at radius 2 is 1.48 bits per heavy atom. The van der Waals surface area contributed by atoms with Crippen LogP contribution < -0.4 is 0 Å². The van der Waals surface area contributed by atoms with Crippen molar-refractivity contribution in [2.75, 3.05) is 0 Å². The first-order valence-electron chi connectivity index (χ1n) is 15.8. The largest absolute Gasteiger partial charge is 0.393 e. The summed E-state index contributed by atoms with van der Waals surface area (Å²) in [6.07, 6.45) is 21.5. The lowest BCUT2D eigenvalue weighted by molar-refractivity contribution is -0.162. The zero-order chi connectivity index (χ0) is 33.3. The molecule has 0 radical (unpaired) electrons. The van der Waals surface area contributed by atoms with E-state index in [0.29, 0.717) is 24.8 Å². The third-order valence-corrected chi connectivity index (χ3v) is 9.05. The maximum Gasteiger partial charge on any atom is 0.161 e. The SMILES string of the molecule is CC1=C(C#C/C(C)=C/C=C/C(C)=C/C=C/C=C(C)/C=C/C=C(\C)C(=O)C[C@@]2(O)[C@H](C)CC(=O)CC2(C)C)C(C)(C)C[C@H](O)C1. The molecule has 2 aliphatic rings. The summed E-state index contributed by atoms with van der Waals surface area (Å²) < 4.78 is 0. The summed E-state index contributed by atoms with van der Waals surface area (Å²) in [6.45, 7) is 19.8. The Balaban J connectivity index is 1.93. The van der Waals surface area contributed by atoms with Crippen LogP contribution in [0.15, 0.2) is 94.2 Å². The van der Waals surface area contributed by atoms with E-state index in [1.165, 1.54) is 5.57 Å². The van der Waals surface area contributed by atoms with Gasteiger partial charge in [0.1, 0.15) is 5.78 Å². The lowest BCUT2D eigenvalue weighted by Crippen LogP contribution is -2.55. The smallest absolute Gasteiger partial charge is 0.161 e. The fraction of sp³-hybridized carbons (Fsp3) is 0.500. The molecule has 1 saturated carbocycles. The third-order valence-electron chi connectivity index (χ3n) is 9.05. The van der Waals surface area contributed by atoms with Crippen molar-refractivity contribution in [1.82, 2.24) is 0 Å². The number of hydrogen-bond acceptors (Lipinski definition) is 4. The van der Waals surface area contributed by atoms with Crippen molar-refractivity contribution >= 4 is 11.6 Å². The van der Waals surface area contributed by atoms with Gasteiger partial charge in [-0.3, -0.25) is 9.59 Å². The molecule has 0 spiro atoms. The summed E-state index contributed by atoms with van der Waals surface area (Å²) in [5, 5.41) is 21.5. The van der Waals surface area contributed by atoms with Crippen LogP contribution in [0, 0.1) is 28.6 Å². The zero-order valence-corrected chi connectivity index (χ0v) is 28.7. The van der Waals surface area contributed by atoms with Crippen molar-refractivity contribution in [2.24, 2.45) is 16.7 Å². The second-order valence-electron chi connectivity index (χ2n) is 14.2. The van der Waals surface area contributed by atoms with Crippen molar-refractivity contribution < 1.29 is 19.8 Å². The zero-order valence-electron chi connectivity index (χ0n) is 28.7. The Morgan fingerprint density at radius 1 is 0.909 bits per heavy atom. The molecule has 0 saturated heterocycles. The molecular weight excluding hydrogens is 544 g/mol. The van der Waals surface area contributed by atoms with E-state index in [4.69, 9.17) is 0 Å². The summed E-state index contributed by atoms with van der Waals surface area (Å²) in [5.41, 5.74) is 4.11. The lowest BCUT2D eigenvalue weighted by Gasteiger charge is -2.49. The summed E-state index contributed by atoms with van der Waals surface area (Å²) in [4.78, 5) is 25.0. The van der Waals surface area contributed by atoms with Crippen LogP contribution in [0.3, 0.4) is 0 Å². The molecule has 4 nitrogen and oxygen atoms in total. The minimum Gasteiger partial charge on any atom is -0.393 e. The number of aliphatic hydroxyl groups excluding tert-OH is 1. The summed E-state index contributed by atoms with van der Waals surface area (Å²) in [6, 6.07) is 0. The topological polar surface area (TPSA) is 74.6 Å². The van der Waals surface area contributed by atoms with Gasteiger partial charge in [-0.2, -0.15) is 0 Å². The highest BCUT2D eigenvalue weighted by Gasteiger charge is 2.53. The van der Waals surface area contributed by atoms with E-state index in [1.54, 1.807) is 13.0 Å². The van der Waals surface area contributed by atoms with Gasteiger partial charge in [0, 0.05) is 35.7 Å². The third kappa shape index (κ3) is 10.4. The number of carbonyl (C=O) groups excluding carboxylic acids is 2. The van der Waals surface area contributed by atoms with Crippen molar-refractivity contribution in [3.05, 3.63) is 94.2 Å². The number of Topliss-reactive ketones (excluding diaryl/α,β-unsaturated/α-hetero) is 2. The van der Waals surface area contributed by atoms with Crippen LogP contribution >= 0.6 is 0 Å². The molecule has 0 aromatic heterocycles. The molecule has 0 aromatic rings. The van der Waals surface area contributed by atoms with Crippen LogP contribution in [0.25, 0.3) is 0 Å². The Kier molecular flexibility index (Phi) is 13.1. The van der Waals surface area contributed by atoms with Gasteiger partial charge in [-0.1, -0.05) is 124 Å². The molecular formula is C40H54O4. The van der Waals surface area contributed by atoms with Crippen molar-refractivity contribution in [3.63, 3.8) is 0 Å². The van der Waals surface area contributed by atoms with E-state index < -0.39 is 11.0 Å². The summed E-state index contributed by atoms with van der Waals surface area (Å²) in [5.74, 6) is 6.43. The van der Waals surface area contributed by atoms with E-state index in [2.05, 4.69) is 32.6 Å². The van der Waals surface area contributed by atoms with Gasteiger partial charge in [0.15, 0.2) is 5.78 Å². The van der Waals surface area contributed by atoms with E-state index >= 15 is 0 Å². The molecule has 0 heterocycles. The molecule has 1 fully saturated rings. The summed E-state index contributed by atoms with van der Waals surface area (Å²) in [7, 11) is 0. The second kappa shape index (κ2) is 15.6. The highest BCUT2D eigenvalue weighted by Crippen LogP contribution is 2.48. The van der Waals surface area contributed by atoms with Crippen molar-refractivity contribution in [1.29, 1.82) is 0 Å². The minimum absolute atomic E-state index is 0.0210. The standard InChI is InChI=1S/C40H54O4/c1-28(17-13-18-30(3)21-22-36-32(5)23-34(41)25-38(36,7)8)15-11-12-16-29(2)19-14-20-31(4)37(43)27-40(44)33(6)24-35(42)26-39(40,9)10/h11-20,33-34,41,44H,23-27H2,1-10H3/b12-11+,17-13+,19-14+,28-15+,29-16+,30-18+,31-20+/t33-,34-,40-/m1/s1. The fourth-order valence-electron chi connectivity index (χ4n) is 6.28. The highest BCUT2D eigenvalue weighted by atomic mass is 16.3. The predicted molar refractivity (Wildman–Crippen MR) is 184 cm³/mol. The lowest BCUT2D eigenvalue weighted by atomic mass is 9.58. The first-order valence-corrected chi connectivity index (χ1v) is 15.8. The van der Waals surface area contributed by atoms with Crippen LogP contribution in [0.1, 0.15) is 101 Å².